The number of aromatic nitrogens is 3. The van der Waals surface area contributed by atoms with Crippen LogP contribution in [0.25, 0.3) is 6.08 Å². The predicted octanol–water partition coefficient (Wildman–Crippen LogP) is 3.38. The minimum Gasteiger partial charge on any atom is -0.311 e. The molecule has 3 rings (SSSR count). The van der Waals surface area contributed by atoms with E-state index in [0.717, 1.165) is 15.9 Å². The topological polar surface area (TPSA) is 76.9 Å². The molecule has 6 nitrogen and oxygen atoms in total. The zero-order valence-electron chi connectivity index (χ0n) is 13.4. The minimum absolute atomic E-state index is 0.494. The van der Waals surface area contributed by atoms with Crippen LogP contribution < -0.4 is 4.72 Å². The fraction of sp³-hybridized carbons (Fsp3) is 0.0588. The number of nitrogens with zero attached hydrogens (tertiary/aromatic N) is 3. The van der Waals surface area contributed by atoms with Gasteiger partial charge in [0.25, 0.3) is 10.0 Å². The summed E-state index contributed by atoms with van der Waals surface area (Å²) in [7, 11) is -1.80. The molecule has 1 N–H and O–H groups in total. The first-order valence-corrected chi connectivity index (χ1v) is 9.77. The Bertz CT molecular complexity index is 983. The molecule has 0 aliphatic rings. The lowest BCUT2D eigenvalue weighted by Gasteiger charge is -2.10. The molecule has 25 heavy (non-hydrogen) atoms. The Balaban J connectivity index is 1.80. The smallest absolute Gasteiger partial charge is 0.255 e. The monoisotopic (exact) mass is 372 g/mol. The second-order valence-electron chi connectivity index (χ2n) is 5.18. The molecule has 0 saturated carbocycles. The summed E-state index contributed by atoms with van der Waals surface area (Å²) in [6.07, 6.45) is 3.15. The molecule has 0 atom stereocenters. The first kappa shape index (κ1) is 17.2. The largest absolute Gasteiger partial charge is 0.311 e. The van der Waals surface area contributed by atoms with Crippen LogP contribution in [0.5, 0.6) is 0 Å². The van der Waals surface area contributed by atoms with Crippen molar-refractivity contribution in [2.24, 2.45) is 7.05 Å². The second kappa shape index (κ2) is 7.54. The summed E-state index contributed by atoms with van der Waals surface area (Å²) in [5.74, 6) is 0. The minimum atomic E-state index is -3.63. The second-order valence-corrected chi connectivity index (χ2v) is 7.76. The Kier molecular flexibility index (Phi) is 5.20. The van der Waals surface area contributed by atoms with Gasteiger partial charge in [-0.1, -0.05) is 42.5 Å². The number of nitrogens with one attached hydrogen (secondary N) is 1. The van der Waals surface area contributed by atoms with Gasteiger partial charge in [-0.3, -0.25) is 4.72 Å². The van der Waals surface area contributed by atoms with Crippen LogP contribution >= 0.6 is 11.8 Å². The molecule has 0 spiro atoms. The van der Waals surface area contributed by atoms with E-state index in [2.05, 4.69) is 14.9 Å². The van der Waals surface area contributed by atoms with Crippen LogP contribution in [0.15, 0.2) is 76.4 Å². The highest BCUT2D eigenvalue weighted by Gasteiger charge is 2.12. The molecule has 0 amide bonds. The van der Waals surface area contributed by atoms with E-state index in [-0.39, 0.29) is 0 Å². The molecule has 1 aromatic heterocycles. The Morgan fingerprint density at radius 2 is 1.80 bits per heavy atom. The van der Waals surface area contributed by atoms with Crippen LogP contribution in [0.4, 0.5) is 5.69 Å². The maximum Gasteiger partial charge on any atom is 0.255 e. The van der Waals surface area contributed by atoms with Crippen molar-refractivity contribution in [3.63, 3.8) is 0 Å². The standard InChI is InChI=1S/C17H16N4O2S2/c1-21-13-18-19-17(21)24-16-10-6-5-9-15(16)20-25(22,23)12-11-14-7-3-2-4-8-14/h2-13,20H,1H3. The highest BCUT2D eigenvalue weighted by molar-refractivity contribution is 7.99. The molecule has 0 aliphatic heterocycles. The van der Waals surface area contributed by atoms with Gasteiger partial charge in [-0.15, -0.1) is 10.2 Å². The lowest BCUT2D eigenvalue weighted by atomic mass is 10.2. The number of aryl methyl sites for hydroxylation is 1. The lowest BCUT2D eigenvalue weighted by molar-refractivity contribution is 0.609. The van der Waals surface area contributed by atoms with Gasteiger partial charge in [-0.25, -0.2) is 8.42 Å². The van der Waals surface area contributed by atoms with Crippen LogP contribution in [0.2, 0.25) is 0 Å². The number of hydrogen-bond acceptors (Lipinski definition) is 5. The highest BCUT2D eigenvalue weighted by atomic mass is 32.2. The third-order valence-electron chi connectivity index (χ3n) is 3.25. The molecule has 0 bridgehead atoms. The molecular formula is C17H16N4O2S2. The molecule has 3 aromatic rings. The summed E-state index contributed by atoms with van der Waals surface area (Å²) < 4.78 is 29.1. The number of hydrogen-bond donors (Lipinski definition) is 1. The highest BCUT2D eigenvalue weighted by Crippen LogP contribution is 2.32. The summed E-state index contributed by atoms with van der Waals surface area (Å²) in [4.78, 5) is 0.746. The van der Waals surface area contributed by atoms with E-state index in [4.69, 9.17) is 0 Å². The van der Waals surface area contributed by atoms with E-state index in [1.165, 1.54) is 11.8 Å². The van der Waals surface area contributed by atoms with Gasteiger partial charge in [0.15, 0.2) is 5.16 Å². The van der Waals surface area contributed by atoms with E-state index in [1.54, 1.807) is 29.1 Å². The van der Waals surface area contributed by atoms with Gasteiger partial charge in [0.2, 0.25) is 0 Å². The van der Waals surface area contributed by atoms with Crippen LogP contribution in [0.1, 0.15) is 5.56 Å². The Labute approximate surface area is 150 Å². The Morgan fingerprint density at radius 1 is 1.08 bits per heavy atom. The molecule has 8 heteroatoms. The van der Waals surface area contributed by atoms with Crippen LogP contribution in [-0.4, -0.2) is 23.2 Å². The van der Waals surface area contributed by atoms with Gasteiger partial charge >= 0.3 is 0 Å². The average Bonchev–Trinajstić information content (AvgIpc) is 3.01. The number of para-hydroxylation sites is 1. The molecule has 2 aromatic carbocycles. The summed E-state index contributed by atoms with van der Waals surface area (Å²) in [6, 6.07) is 16.4. The number of sulfonamides is 1. The fourth-order valence-corrected chi connectivity index (χ4v) is 3.83. The molecule has 0 fully saturated rings. The molecule has 1 heterocycles. The van der Waals surface area contributed by atoms with E-state index in [9.17, 15) is 8.42 Å². The molecule has 0 unspecified atom stereocenters. The SMILES string of the molecule is Cn1cnnc1Sc1ccccc1NS(=O)(=O)C=Cc1ccccc1. The summed E-state index contributed by atoms with van der Waals surface area (Å²) >= 11 is 1.34. The third kappa shape index (κ3) is 4.71. The molecule has 0 radical (unpaired) electrons. The molecule has 0 aliphatic carbocycles. The predicted molar refractivity (Wildman–Crippen MR) is 99.6 cm³/mol. The van der Waals surface area contributed by atoms with Gasteiger partial charge in [-0.05, 0) is 35.5 Å². The lowest BCUT2D eigenvalue weighted by Crippen LogP contribution is -2.09. The maximum atomic E-state index is 12.4. The van der Waals surface area contributed by atoms with Gasteiger partial charge in [-0.2, -0.15) is 0 Å². The van der Waals surface area contributed by atoms with Gasteiger partial charge in [0.05, 0.1) is 11.1 Å². The maximum absolute atomic E-state index is 12.4. The van der Waals surface area contributed by atoms with Crippen molar-refractivity contribution < 1.29 is 8.42 Å². The van der Waals surface area contributed by atoms with Crippen molar-refractivity contribution in [3.05, 3.63) is 71.9 Å². The van der Waals surface area contributed by atoms with Crippen LogP contribution in [-0.2, 0) is 17.1 Å². The van der Waals surface area contributed by atoms with E-state index in [0.29, 0.717) is 10.8 Å². The van der Waals surface area contributed by atoms with Crippen molar-refractivity contribution in [2.75, 3.05) is 4.72 Å². The molecular weight excluding hydrogens is 356 g/mol. The third-order valence-corrected chi connectivity index (χ3v) is 5.38. The molecule has 128 valence electrons. The molecule has 0 saturated heterocycles. The summed E-state index contributed by atoms with van der Waals surface area (Å²) in [6.45, 7) is 0. The van der Waals surface area contributed by atoms with Gasteiger partial charge in [0, 0.05) is 11.9 Å². The van der Waals surface area contributed by atoms with Crippen LogP contribution in [0, 0.1) is 0 Å². The first-order chi connectivity index (χ1) is 12.0. The average molecular weight is 372 g/mol. The summed E-state index contributed by atoms with van der Waals surface area (Å²) in [5.41, 5.74) is 1.31. The Morgan fingerprint density at radius 3 is 2.52 bits per heavy atom. The summed E-state index contributed by atoms with van der Waals surface area (Å²) in [5, 5.41) is 9.67. The Hall–Kier alpha value is -2.58. The van der Waals surface area contributed by atoms with E-state index in [1.807, 2.05) is 49.5 Å². The van der Waals surface area contributed by atoms with Crippen LogP contribution in [0.3, 0.4) is 0 Å². The van der Waals surface area contributed by atoms with Crippen molar-refractivity contribution in [1.29, 1.82) is 0 Å². The van der Waals surface area contributed by atoms with Crippen molar-refractivity contribution in [2.45, 2.75) is 10.1 Å². The number of anilines is 1. The van der Waals surface area contributed by atoms with Crippen molar-refractivity contribution >= 4 is 33.5 Å². The van der Waals surface area contributed by atoms with Gasteiger partial charge in [0.1, 0.15) is 6.33 Å². The first-order valence-electron chi connectivity index (χ1n) is 7.40. The number of benzene rings is 2. The van der Waals surface area contributed by atoms with Gasteiger partial charge < -0.3 is 4.57 Å². The van der Waals surface area contributed by atoms with E-state index < -0.39 is 10.0 Å². The fourth-order valence-electron chi connectivity index (χ4n) is 2.02. The number of rotatable bonds is 6. The zero-order valence-corrected chi connectivity index (χ0v) is 15.0. The zero-order chi connectivity index (χ0) is 17.7. The van der Waals surface area contributed by atoms with E-state index >= 15 is 0 Å². The normalized spacial score (nSPS) is 11.7. The quantitative estimate of drug-likeness (QED) is 0.718. The van der Waals surface area contributed by atoms with Crippen molar-refractivity contribution in [3.8, 4) is 0 Å². The van der Waals surface area contributed by atoms with Crippen molar-refractivity contribution in [1.82, 2.24) is 14.8 Å².